The van der Waals surface area contributed by atoms with Crippen LogP contribution in [0.2, 0.25) is 0 Å². The fourth-order valence-corrected chi connectivity index (χ4v) is 2.12. The summed E-state index contributed by atoms with van der Waals surface area (Å²) in [5.41, 5.74) is 0. The standard InChI is InChI=1S/C14H29Cl.C4H10.H3N/c1-2-3-4-5-6-7-8-9-10-11-12-13-14-15;1-3-4-2;/h2-14H2,1H3;3-4H2,1-2H3;1H3. The first kappa shape index (κ1) is 25.2. The molecule has 0 unspecified atom stereocenters. The number of halogens is 1. The van der Waals surface area contributed by atoms with E-state index in [0.717, 1.165) is 5.88 Å². The van der Waals surface area contributed by atoms with Crippen molar-refractivity contribution < 1.29 is 0 Å². The molecule has 126 valence electrons. The fourth-order valence-electron chi connectivity index (χ4n) is 1.94. The predicted octanol–water partition coefficient (Wildman–Crippen LogP) is 7.89. The summed E-state index contributed by atoms with van der Waals surface area (Å²) >= 11 is 5.62. The van der Waals surface area contributed by atoms with Crippen LogP contribution in [0.1, 0.15) is 111 Å². The van der Waals surface area contributed by atoms with E-state index < -0.39 is 0 Å². The number of rotatable bonds is 13. The van der Waals surface area contributed by atoms with Gasteiger partial charge >= 0.3 is 0 Å². The van der Waals surface area contributed by atoms with Crippen molar-refractivity contribution in [1.82, 2.24) is 6.15 Å². The lowest BCUT2D eigenvalue weighted by Crippen LogP contribution is -1.82. The second-order valence-corrected chi connectivity index (χ2v) is 5.96. The molecule has 0 saturated heterocycles. The maximum atomic E-state index is 5.62. The smallest absolute Gasteiger partial charge is 0.0223 e. The summed E-state index contributed by atoms with van der Waals surface area (Å²) in [6.07, 6.45) is 19.5. The molecular weight excluding hydrogens is 266 g/mol. The van der Waals surface area contributed by atoms with Crippen LogP contribution in [0.5, 0.6) is 0 Å². The van der Waals surface area contributed by atoms with E-state index in [-0.39, 0.29) is 6.15 Å². The molecule has 0 saturated carbocycles. The topological polar surface area (TPSA) is 35.0 Å². The zero-order valence-corrected chi connectivity index (χ0v) is 15.4. The molecule has 0 aliphatic carbocycles. The highest BCUT2D eigenvalue weighted by atomic mass is 35.5. The Morgan fingerprint density at radius 1 is 0.450 bits per heavy atom. The zero-order valence-electron chi connectivity index (χ0n) is 14.7. The lowest BCUT2D eigenvalue weighted by molar-refractivity contribution is 0.548. The van der Waals surface area contributed by atoms with Crippen molar-refractivity contribution in [3.05, 3.63) is 0 Å². The van der Waals surface area contributed by atoms with Gasteiger partial charge in [-0.3, -0.25) is 0 Å². The Bertz CT molecular complexity index is 115. The largest absolute Gasteiger partial charge is 0.344 e. The second-order valence-electron chi connectivity index (χ2n) is 5.58. The number of alkyl halides is 1. The molecule has 0 aliphatic rings. The molecule has 0 spiro atoms. The minimum Gasteiger partial charge on any atom is -0.344 e. The summed E-state index contributed by atoms with van der Waals surface area (Å²) in [6.45, 7) is 6.64. The molecule has 0 aromatic rings. The van der Waals surface area contributed by atoms with Gasteiger partial charge in [-0.2, -0.15) is 0 Å². The number of hydrogen-bond donors (Lipinski definition) is 1. The molecule has 1 nitrogen and oxygen atoms in total. The molecule has 20 heavy (non-hydrogen) atoms. The van der Waals surface area contributed by atoms with Gasteiger partial charge in [-0.15, -0.1) is 11.6 Å². The van der Waals surface area contributed by atoms with Crippen molar-refractivity contribution in [3.8, 4) is 0 Å². The van der Waals surface area contributed by atoms with E-state index in [1.54, 1.807) is 0 Å². The van der Waals surface area contributed by atoms with Crippen LogP contribution in [-0.4, -0.2) is 5.88 Å². The quantitative estimate of drug-likeness (QED) is 0.272. The van der Waals surface area contributed by atoms with Crippen LogP contribution in [0, 0.1) is 0 Å². The minimum atomic E-state index is 0. The van der Waals surface area contributed by atoms with Gasteiger partial charge in [-0.25, -0.2) is 0 Å². The highest BCUT2D eigenvalue weighted by Gasteiger charge is 1.92. The SMILES string of the molecule is CCCC.CCCCCCCCCCCCCCCl.N. The van der Waals surface area contributed by atoms with Crippen LogP contribution >= 0.6 is 11.6 Å². The minimum absolute atomic E-state index is 0. The Labute approximate surface area is 134 Å². The average Bonchev–Trinajstić information content (AvgIpc) is 2.45. The zero-order chi connectivity index (χ0) is 14.6. The van der Waals surface area contributed by atoms with Crippen LogP contribution in [0.25, 0.3) is 0 Å². The molecule has 0 aliphatic heterocycles. The van der Waals surface area contributed by atoms with Crippen LogP contribution in [0.3, 0.4) is 0 Å². The monoisotopic (exact) mass is 307 g/mol. The van der Waals surface area contributed by atoms with Crippen molar-refractivity contribution in [1.29, 1.82) is 0 Å². The Morgan fingerprint density at radius 2 is 0.750 bits per heavy atom. The molecular formula is C18H42ClN. The molecule has 0 aromatic carbocycles. The third-order valence-corrected chi connectivity index (χ3v) is 3.75. The molecule has 0 amide bonds. The fraction of sp³-hybridized carbons (Fsp3) is 1.00. The van der Waals surface area contributed by atoms with Crippen molar-refractivity contribution in [2.75, 3.05) is 5.88 Å². The first-order valence-corrected chi connectivity index (χ1v) is 9.42. The molecule has 0 heterocycles. The maximum absolute atomic E-state index is 5.62. The van der Waals surface area contributed by atoms with E-state index in [1.807, 2.05) is 0 Å². The van der Waals surface area contributed by atoms with Crippen LogP contribution in [0.4, 0.5) is 0 Å². The van der Waals surface area contributed by atoms with Crippen LogP contribution in [0.15, 0.2) is 0 Å². The maximum Gasteiger partial charge on any atom is 0.0223 e. The van der Waals surface area contributed by atoms with Crippen molar-refractivity contribution >= 4 is 11.6 Å². The van der Waals surface area contributed by atoms with E-state index in [2.05, 4.69) is 20.8 Å². The summed E-state index contributed by atoms with van der Waals surface area (Å²) in [5, 5.41) is 0. The Balaban J connectivity index is -0.000000508. The van der Waals surface area contributed by atoms with Gasteiger partial charge in [0.05, 0.1) is 0 Å². The normalized spacial score (nSPS) is 9.60. The van der Waals surface area contributed by atoms with Gasteiger partial charge < -0.3 is 6.15 Å². The van der Waals surface area contributed by atoms with E-state index >= 15 is 0 Å². The van der Waals surface area contributed by atoms with Crippen LogP contribution < -0.4 is 6.15 Å². The van der Waals surface area contributed by atoms with Gasteiger partial charge in [-0.05, 0) is 6.42 Å². The van der Waals surface area contributed by atoms with Gasteiger partial charge in [-0.1, -0.05) is 104 Å². The van der Waals surface area contributed by atoms with Crippen molar-refractivity contribution in [3.63, 3.8) is 0 Å². The number of unbranched alkanes of at least 4 members (excludes halogenated alkanes) is 12. The molecule has 0 aromatic heterocycles. The van der Waals surface area contributed by atoms with Gasteiger partial charge in [0.25, 0.3) is 0 Å². The molecule has 3 N–H and O–H groups in total. The van der Waals surface area contributed by atoms with E-state index in [9.17, 15) is 0 Å². The van der Waals surface area contributed by atoms with Gasteiger partial charge in [0.15, 0.2) is 0 Å². The van der Waals surface area contributed by atoms with E-state index in [1.165, 1.54) is 89.9 Å². The van der Waals surface area contributed by atoms with Gasteiger partial charge in [0.1, 0.15) is 0 Å². The average molecular weight is 308 g/mol. The first-order chi connectivity index (χ1) is 9.33. The Morgan fingerprint density at radius 3 is 1.00 bits per heavy atom. The van der Waals surface area contributed by atoms with E-state index in [4.69, 9.17) is 11.6 Å². The third kappa shape index (κ3) is 30.9. The molecule has 0 radical (unpaired) electrons. The summed E-state index contributed by atoms with van der Waals surface area (Å²) in [5.74, 6) is 0.845. The summed E-state index contributed by atoms with van der Waals surface area (Å²) < 4.78 is 0. The predicted molar refractivity (Wildman–Crippen MR) is 97.4 cm³/mol. The summed E-state index contributed by atoms with van der Waals surface area (Å²) in [4.78, 5) is 0. The van der Waals surface area contributed by atoms with Gasteiger partial charge in [0.2, 0.25) is 0 Å². The third-order valence-electron chi connectivity index (χ3n) is 3.49. The van der Waals surface area contributed by atoms with Gasteiger partial charge in [0, 0.05) is 5.88 Å². The molecule has 0 bridgehead atoms. The highest BCUT2D eigenvalue weighted by Crippen LogP contribution is 2.11. The Kier molecular flexibility index (Phi) is 34.8. The van der Waals surface area contributed by atoms with Crippen LogP contribution in [-0.2, 0) is 0 Å². The Hall–Kier alpha value is 0.250. The number of hydrogen-bond acceptors (Lipinski definition) is 1. The molecule has 0 fully saturated rings. The lowest BCUT2D eigenvalue weighted by Gasteiger charge is -2.01. The van der Waals surface area contributed by atoms with Crippen molar-refractivity contribution in [2.24, 2.45) is 0 Å². The molecule has 2 heteroatoms. The highest BCUT2D eigenvalue weighted by molar-refractivity contribution is 6.17. The molecule has 0 atom stereocenters. The van der Waals surface area contributed by atoms with E-state index in [0.29, 0.717) is 0 Å². The lowest BCUT2D eigenvalue weighted by atomic mass is 10.1. The summed E-state index contributed by atoms with van der Waals surface area (Å²) in [7, 11) is 0. The van der Waals surface area contributed by atoms with Crippen molar-refractivity contribution in [2.45, 2.75) is 111 Å². The second kappa shape index (κ2) is 27.6. The molecule has 0 rings (SSSR count). The summed E-state index contributed by atoms with van der Waals surface area (Å²) in [6, 6.07) is 0. The first-order valence-electron chi connectivity index (χ1n) is 8.89.